The molecule has 0 spiro atoms. The number of pyridine rings is 1. The van der Waals surface area contributed by atoms with E-state index in [-0.39, 0.29) is 28.2 Å². The molecule has 142 valence electrons. The second-order valence-corrected chi connectivity index (χ2v) is 6.25. The van der Waals surface area contributed by atoms with E-state index in [1.54, 1.807) is 36.4 Å². The Bertz CT molecular complexity index is 1220. The summed E-state index contributed by atoms with van der Waals surface area (Å²) in [6.45, 7) is 0. The Morgan fingerprint density at radius 2 is 1.62 bits per heavy atom. The minimum atomic E-state index is -0.871. The second kappa shape index (κ2) is 8.17. The van der Waals surface area contributed by atoms with E-state index in [0.717, 1.165) is 0 Å². The molecule has 0 aliphatic carbocycles. The Morgan fingerprint density at radius 3 is 2.21 bits per heavy atom. The zero-order valence-electron chi connectivity index (χ0n) is 14.8. The molecule has 0 fully saturated rings. The lowest BCUT2D eigenvalue weighted by atomic mass is 10.1. The quantitative estimate of drug-likeness (QED) is 0.611. The Balaban J connectivity index is 2.09. The Labute approximate surface area is 170 Å². The smallest absolute Gasteiger partial charge is 0.291 e. The first-order valence-electron chi connectivity index (χ1n) is 8.24. The molecule has 4 N–H and O–H groups in total. The van der Waals surface area contributed by atoms with Crippen molar-refractivity contribution in [2.45, 2.75) is 0 Å². The fourth-order valence-electron chi connectivity index (χ4n) is 2.58. The number of aromatic nitrogens is 1. The van der Waals surface area contributed by atoms with Gasteiger partial charge in [-0.3, -0.25) is 15.0 Å². The number of nitriles is 2. The topological polar surface area (TPSA) is 137 Å². The molecule has 0 atom stereocenters. The molecule has 0 saturated carbocycles. The van der Waals surface area contributed by atoms with E-state index in [9.17, 15) is 20.1 Å². The van der Waals surface area contributed by atoms with E-state index in [4.69, 9.17) is 17.3 Å². The molecule has 1 amide bonds. The highest BCUT2D eigenvalue weighted by Gasteiger charge is 2.22. The van der Waals surface area contributed by atoms with Crippen LogP contribution in [0, 0.1) is 22.7 Å². The molecule has 1 aromatic heterocycles. The van der Waals surface area contributed by atoms with Gasteiger partial charge in [-0.05, 0) is 36.4 Å². The van der Waals surface area contributed by atoms with Gasteiger partial charge in [-0.25, -0.2) is 0 Å². The van der Waals surface area contributed by atoms with Crippen LogP contribution in [0.5, 0.6) is 0 Å². The maximum atomic E-state index is 12.8. The van der Waals surface area contributed by atoms with Crippen molar-refractivity contribution >= 4 is 34.7 Å². The fraction of sp³-hybridized carbons (Fsp3) is 0. The average molecular weight is 405 g/mol. The van der Waals surface area contributed by atoms with Gasteiger partial charge in [0.05, 0.1) is 5.69 Å². The summed E-state index contributed by atoms with van der Waals surface area (Å²) < 4.78 is 0.685. The van der Waals surface area contributed by atoms with Crippen LogP contribution in [0.25, 0.3) is 0 Å². The van der Waals surface area contributed by atoms with Crippen molar-refractivity contribution in [3.05, 3.63) is 86.7 Å². The normalized spacial score (nSPS) is 9.90. The molecule has 0 saturated heterocycles. The number of amides is 1. The summed E-state index contributed by atoms with van der Waals surface area (Å²) in [4.78, 5) is 25.3. The highest BCUT2D eigenvalue weighted by Crippen LogP contribution is 2.26. The molecule has 9 heteroatoms. The molecule has 0 radical (unpaired) electrons. The highest BCUT2D eigenvalue weighted by atomic mass is 35.5. The van der Waals surface area contributed by atoms with Crippen molar-refractivity contribution in [3.8, 4) is 12.1 Å². The summed E-state index contributed by atoms with van der Waals surface area (Å²) in [6, 6.07) is 18.3. The summed E-state index contributed by atoms with van der Waals surface area (Å²) in [5.41, 5.74) is 7.66. The number of halogens is 1. The number of benzene rings is 2. The van der Waals surface area contributed by atoms with Gasteiger partial charge in [-0.15, -0.1) is 0 Å². The average Bonchev–Trinajstić information content (AvgIpc) is 2.73. The Morgan fingerprint density at radius 1 is 1.00 bits per heavy atom. The van der Waals surface area contributed by atoms with Gasteiger partial charge in [0.1, 0.15) is 29.1 Å². The second-order valence-electron chi connectivity index (χ2n) is 5.81. The number of hydrogen-bond donors (Lipinski definition) is 3. The van der Waals surface area contributed by atoms with Crippen molar-refractivity contribution in [3.63, 3.8) is 0 Å². The van der Waals surface area contributed by atoms with Crippen molar-refractivity contribution in [2.24, 2.45) is 0 Å². The lowest BCUT2D eigenvalue weighted by Gasteiger charge is -2.17. The standard InChI is InChI=1S/C20H13ClN6O2/c21-13-8-6-12(7-9-13)19(28)26-27-18(24)15(10-22)17(16(11-23)20(27)29)25-14-4-2-1-3-5-14/h1-9,25H,24H2,(H,26,28). The molecule has 2 aromatic carbocycles. The number of para-hydroxylation sites is 1. The van der Waals surface area contributed by atoms with E-state index in [1.165, 1.54) is 24.3 Å². The summed E-state index contributed by atoms with van der Waals surface area (Å²) in [6.07, 6.45) is 0. The van der Waals surface area contributed by atoms with Crippen molar-refractivity contribution < 1.29 is 4.79 Å². The predicted molar refractivity (Wildman–Crippen MR) is 109 cm³/mol. The van der Waals surface area contributed by atoms with Gasteiger partial charge in [-0.2, -0.15) is 15.2 Å². The predicted octanol–water partition coefficient (Wildman–Crippen LogP) is 2.95. The number of nitrogen functional groups attached to an aromatic ring is 1. The number of carbonyl (C=O) groups is 1. The highest BCUT2D eigenvalue weighted by molar-refractivity contribution is 6.30. The van der Waals surface area contributed by atoms with Gasteiger partial charge in [-0.1, -0.05) is 29.8 Å². The molecule has 29 heavy (non-hydrogen) atoms. The third-order valence-electron chi connectivity index (χ3n) is 4.00. The van der Waals surface area contributed by atoms with Crippen molar-refractivity contribution in [2.75, 3.05) is 16.5 Å². The molecular weight excluding hydrogens is 392 g/mol. The van der Waals surface area contributed by atoms with Gasteiger partial charge in [0.2, 0.25) is 0 Å². The van der Waals surface area contributed by atoms with Gasteiger partial charge >= 0.3 is 0 Å². The maximum absolute atomic E-state index is 12.8. The van der Waals surface area contributed by atoms with Crippen LogP contribution in [0.1, 0.15) is 21.5 Å². The maximum Gasteiger partial charge on any atom is 0.291 e. The van der Waals surface area contributed by atoms with Crippen LogP contribution in [0.3, 0.4) is 0 Å². The minimum absolute atomic E-state index is 0.0271. The summed E-state index contributed by atoms with van der Waals surface area (Å²) in [7, 11) is 0. The van der Waals surface area contributed by atoms with Gasteiger partial charge in [0.25, 0.3) is 11.5 Å². The number of carbonyl (C=O) groups excluding carboxylic acids is 1. The Hall–Kier alpha value is -4.27. The molecule has 0 aliphatic heterocycles. The lowest BCUT2D eigenvalue weighted by Crippen LogP contribution is -2.37. The zero-order valence-corrected chi connectivity index (χ0v) is 15.6. The lowest BCUT2D eigenvalue weighted by molar-refractivity contribution is 0.101. The van der Waals surface area contributed by atoms with Crippen molar-refractivity contribution in [1.29, 1.82) is 10.5 Å². The number of hydrogen-bond acceptors (Lipinski definition) is 6. The summed E-state index contributed by atoms with van der Waals surface area (Å²) >= 11 is 5.80. The van der Waals surface area contributed by atoms with E-state index < -0.39 is 11.5 Å². The number of rotatable bonds is 4. The van der Waals surface area contributed by atoms with E-state index in [1.807, 2.05) is 6.07 Å². The Kier molecular flexibility index (Phi) is 5.49. The van der Waals surface area contributed by atoms with E-state index in [0.29, 0.717) is 15.4 Å². The molecule has 0 aliphatic rings. The molecule has 0 bridgehead atoms. The van der Waals surface area contributed by atoms with Crippen molar-refractivity contribution in [1.82, 2.24) is 4.68 Å². The third-order valence-corrected chi connectivity index (χ3v) is 4.25. The number of nitrogens with one attached hydrogen (secondary N) is 2. The molecule has 3 aromatic rings. The van der Waals surface area contributed by atoms with Crippen LogP contribution in [-0.4, -0.2) is 10.6 Å². The molecular formula is C20H13ClN6O2. The fourth-order valence-corrected chi connectivity index (χ4v) is 2.71. The monoisotopic (exact) mass is 404 g/mol. The van der Waals surface area contributed by atoms with E-state index >= 15 is 0 Å². The van der Waals surface area contributed by atoms with E-state index in [2.05, 4.69) is 10.7 Å². The summed E-state index contributed by atoms with van der Waals surface area (Å²) in [5, 5.41) is 22.4. The zero-order chi connectivity index (χ0) is 21.0. The number of anilines is 3. The first kappa shape index (κ1) is 19.5. The van der Waals surface area contributed by atoms with Crippen LogP contribution in [0.2, 0.25) is 5.02 Å². The first-order chi connectivity index (χ1) is 14.0. The van der Waals surface area contributed by atoms with Crippen LogP contribution in [0.4, 0.5) is 17.2 Å². The summed E-state index contributed by atoms with van der Waals surface area (Å²) in [5.74, 6) is -0.968. The SMILES string of the molecule is N#Cc1c(Nc2ccccc2)c(C#N)c(=O)n(NC(=O)c2ccc(Cl)cc2)c1N. The van der Waals surface area contributed by atoms with Crippen LogP contribution in [-0.2, 0) is 0 Å². The minimum Gasteiger partial charge on any atom is -0.382 e. The molecule has 3 rings (SSSR count). The largest absolute Gasteiger partial charge is 0.382 e. The van der Waals surface area contributed by atoms with Crippen LogP contribution < -0.4 is 22.0 Å². The van der Waals surface area contributed by atoms with Crippen LogP contribution in [0.15, 0.2) is 59.4 Å². The molecule has 1 heterocycles. The van der Waals surface area contributed by atoms with Gasteiger partial charge in [0, 0.05) is 16.3 Å². The number of nitrogens with two attached hydrogens (primary N) is 1. The van der Waals surface area contributed by atoms with Gasteiger partial charge in [0.15, 0.2) is 0 Å². The number of nitrogens with zero attached hydrogens (tertiary/aromatic N) is 3. The molecule has 0 unspecified atom stereocenters. The first-order valence-corrected chi connectivity index (χ1v) is 8.61. The third kappa shape index (κ3) is 3.88. The molecule has 8 nitrogen and oxygen atoms in total. The van der Waals surface area contributed by atoms with Crippen LogP contribution >= 0.6 is 11.6 Å². The van der Waals surface area contributed by atoms with Gasteiger partial charge < -0.3 is 11.1 Å².